The largest absolute Gasteiger partial charge is 0.405 e. The zero-order valence-electron chi connectivity index (χ0n) is 12.1. The molecule has 0 radical (unpaired) electrons. The Bertz CT molecular complexity index is 661. The molecular formula is C14H16ClF3N4S. The number of thiazole rings is 1. The molecule has 0 spiro atoms. The number of para-hydroxylation sites is 2. The summed E-state index contributed by atoms with van der Waals surface area (Å²) in [6.07, 6.45) is -2.49. The smallest absolute Gasteiger partial charge is 0.375 e. The van der Waals surface area contributed by atoms with Gasteiger partial charge in [0, 0.05) is 24.2 Å². The van der Waals surface area contributed by atoms with E-state index in [9.17, 15) is 13.2 Å². The molecule has 126 valence electrons. The molecule has 2 N–H and O–H groups in total. The van der Waals surface area contributed by atoms with Crippen LogP contribution in [0.3, 0.4) is 0 Å². The summed E-state index contributed by atoms with van der Waals surface area (Å²) >= 11 is 1.40. The van der Waals surface area contributed by atoms with E-state index in [-0.39, 0.29) is 12.4 Å². The molecule has 1 aliphatic heterocycles. The third kappa shape index (κ3) is 4.20. The minimum Gasteiger partial charge on any atom is -0.375 e. The SMILES string of the molecule is Cl.Nc1ncc(CN2CCN(CC(F)(F)F)c3ccccc32)s1. The highest BCUT2D eigenvalue weighted by Crippen LogP contribution is 2.35. The number of fused-ring (bicyclic) bond motifs is 1. The molecule has 0 saturated carbocycles. The molecule has 2 heterocycles. The fraction of sp³-hybridized carbons (Fsp3) is 0.357. The van der Waals surface area contributed by atoms with E-state index in [2.05, 4.69) is 9.88 Å². The summed E-state index contributed by atoms with van der Waals surface area (Å²) in [6.45, 7) is 0.548. The van der Waals surface area contributed by atoms with Gasteiger partial charge in [-0.15, -0.1) is 23.7 Å². The zero-order valence-corrected chi connectivity index (χ0v) is 13.7. The second-order valence-electron chi connectivity index (χ2n) is 5.11. The molecular weight excluding hydrogens is 349 g/mol. The third-order valence-electron chi connectivity index (χ3n) is 3.49. The maximum atomic E-state index is 12.7. The number of benzene rings is 1. The number of anilines is 3. The summed E-state index contributed by atoms with van der Waals surface area (Å²) in [5.74, 6) is 0. The third-order valence-corrected chi connectivity index (χ3v) is 4.30. The predicted octanol–water partition coefficient (Wildman–Crippen LogP) is 3.54. The molecule has 0 unspecified atom stereocenters. The number of nitrogens with zero attached hydrogens (tertiary/aromatic N) is 3. The summed E-state index contributed by atoms with van der Waals surface area (Å²) < 4.78 is 38.1. The normalized spacial score (nSPS) is 14.4. The minimum absolute atomic E-state index is 0. The summed E-state index contributed by atoms with van der Waals surface area (Å²) in [4.78, 5) is 8.46. The lowest BCUT2D eigenvalue weighted by molar-refractivity contribution is -0.119. The van der Waals surface area contributed by atoms with Crippen LogP contribution in [0.25, 0.3) is 0 Å². The Morgan fingerprint density at radius 1 is 1.13 bits per heavy atom. The highest BCUT2D eigenvalue weighted by atomic mass is 35.5. The number of halogens is 4. The van der Waals surface area contributed by atoms with Gasteiger partial charge in [-0.3, -0.25) is 0 Å². The number of hydrogen-bond acceptors (Lipinski definition) is 5. The van der Waals surface area contributed by atoms with Gasteiger partial charge in [0.05, 0.1) is 17.9 Å². The van der Waals surface area contributed by atoms with Crippen LogP contribution in [0, 0.1) is 0 Å². The van der Waals surface area contributed by atoms with Gasteiger partial charge in [0.15, 0.2) is 5.13 Å². The second kappa shape index (κ2) is 6.84. The lowest BCUT2D eigenvalue weighted by atomic mass is 10.1. The van der Waals surface area contributed by atoms with Crippen LogP contribution in [0.2, 0.25) is 0 Å². The number of aromatic nitrogens is 1. The Morgan fingerprint density at radius 3 is 2.30 bits per heavy atom. The Kier molecular flexibility index (Phi) is 5.26. The molecule has 3 rings (SSSR count). The number of nitrogen functional groups attached to an aromatic ring is 1. The van der Waals surface area contributed by atoms with Crippen LogP contribution in [0.1, 0.15) is 4.88 Å². The van der Waals surface area contributed by atoms with Crippen molar-refractivity contribution in [3.8, 4) is 0 Å². The lowest BCUT2D eigenvalue weighted by Crippen LogP contribution is -2.44. The van der Waals surface area contributed by atoms with Crippen molar-refractivity contribution in [1.29, 1.82) is 0 Å². The molecule has 1 aliphatic rings. The molecule has 0 saturated heterocycles. The van der Waals surface area contributed by atoms with E-state index in [0.717, 1.165) is 10.6 Å². The minimum atomic E-state index is -4.21. The van der Waals surface area contributed by atoms with E-state index < -0.39 is 12.7 Å². The van der Waals surface area contributed by atoms with Gasteiger partial charge in [-0.1, -0.05) is 12.1 Å². The van der Waals surface area contributed by atoms with Gasteiger partial charge in [0.25, 0.3) is 0 Å². The maximum absolute atomic E-state index is 12.7. The zero-order chi connectivity index (χ0) is 15.7. The molecule has 1 aromatic heterocycles. The number of nitrogens with two attached hydrogens (primary N) is 1. The lowest BCUT2D eigenvalue weighted by Gasteiger charge is -2.39. The molecule has 4 nitrogen and oxygen atoms in total. The fourth-order valence-electron chi connectivity index (χ4n) is 2.61. The van der Waals surface area contributed by atoms with E-state index >= 15 is 0 Å². The summed E-state index contributed by atoms with van der Waals surface area (Å²) in [5, 5.41) is 0.499. The van der Waals surface area contributed by atoms with Crippen molar-refractivity contribution in [2.45, 2.75) is 12.7 Å². The van der Waals surface area contributed by atoms with Crippen molar-refractivity contribution in [3.63, 3.8) is 0 Å². The molecule has 0 atom stereocenters. The number of rotatable bonds is 3. The molecule has 0 amide bonds. The van der Waals surface area contributed by atoms with Crippen molar-refractivity contribution in [1.82, 2.24) is 4.98 Å². The first-order chi connectivity index (χ1) is 10.4. The van der Waals surface area contributed by atoms with Gasteiger partial charge in [-0.25, -0.2) is 4.98 Å². The Morgan fingerprint density at radius 2 is 1.74 bits per heavy atom. The first kappa shape index (κ1) is 17.7. The van der Waals surface area contributed by atoms with Crippen molar-refractivity contribution in [2.24, 2.45) is 0 Å². The van der Waals surface area contributed by atoms with Crippen LogP contribution >= 0.6 is 23.7 Å². The molecule has 0 bridgehead atoms. The van der Waals surface area contributed by atoms with Crippen LogP contribution in [0.5, 0.6) is 0 Å². The van der Waals surface area contributed by atoms with Gasteiger partial charge in [0.1, 0.15) is 6.54 Å². The van der Waals surface area contributed by atoms with Gasteiger partial charge in [0.2, 0.25) is 0 Å². The summed E-state index contributed by atoms with van der Waals surface area (Å²) in [6, 6.07) is 7.18. The monoisotopic (exact) mass is 364 g/mol. The average molecular weight is 365 g/mol. The van der Waals surface area contributed by atoms with Crippen LogP contribution in [0.15, 0.2) is 30.5 Å². The highest BCUT2D eigenvalue weighted by Gasteiger charge is 2.34. The topological polar surface area (TPSA) is 45.4 Å². The van der Waals surface area contributed by atoms with E-state index in [4.69, 9.17) is 5.73 Å². The maximum Gasteiger partial charge on any atom is 0.405 e. The molecule has 0 aliphatic carbocycles. The van der Waals surface area contributed by atoms with Gasteiger partial charge >= 0.3 is 6.18 Å². The standard InChI is InChI=1S/C14H15F3N4S.ClH/c15-14(16,17)9-21-6-5-20(8-10-7-19-13(18)22-10)11-3-1-2-4-12(11)21;/h1-4,7H,5-6,8-9H2,(H2,18,19);1H. The highest BCUT2D eigenvalue weighted by molar-refractivity contribution is 7.15. The Balaban J connectivity index is 0.00000192. The van der Waals surface area contributed by atoms with E-state index in [0.29, 0.717) is 30.5 Å². The van der Waals surface area contributed by atoms with Crippen LogP contribution < -0.4 is 15.5 Å². The van der Waals surface area contributed by atoms with Crippen molar-refractivity contribution < 1.29 is 13.2 Å². The molecule has 2 aromatic rings. The van der Waals surface area contributed by atoms with Crippen LogP contribution in [0.4, 0.5) is 29.7 Å². The van der Waals surface area contributed by atoms with Crippen molar-refractivity contribution in [3.05, 3.63) is 35.3 Å². The van der Waals surface area contributed by atoms with E-state index in [1.54, 1.807) is 18.3 Å². The average Bonchev–Trinajstić information content (AvgIpc) is 2.86. The first-order valence-electron chi connectivity index (χ1n) is 6.78. The quantitative estimate of drug-likeness (QED) is 0.905. The van der Waals surface area contributed by atoms with Crippen LogP contribution in [-0.4, -0.2) is 30.8 Å². The Hall–Kier alpha value is -1.67. The molecule has 1 aromatic carbocycles. The second-order valence-corrected chi connectivity index (χ2v) is 6.26. The fourth-order valence-corrected chi connectivity index (χ4v) is 3.31. The van der Waals surface area contributed by atoms with E-state index in [1.165, 1.54) is 16.2 Å². The van der Waals surface area contributed by atoms with Crippen LogP contribution in [-0.2, 0) is 6.54 Å². The Labute approximate surface area is 142 Å². The van der Waals surface area contributed by atoms with Crippen molar-refractivity contribution in [2.75, 3.05) is 35.2 Å². The van der Waals surface area contributed by atoms with Gasteiger partial charge in [-0.2, -0.15) is 13.2 Å². The predicted molar refractivity (Wildman–Crippen MR) is 89.5 cm³/mol. The molecule has 9 heteroatoms. The summed E-state index contributed by atoms with van der Waals surface area (Å²) in [7, 11) is 0. The van der Waals surface area contributed by atoms with E-state index in [1.807, 2.05) is 12.1 Å². The number of hydrogen-bond donors (Lipinski definition) is 1. The first-order valence-corrected chi connectivity index (χ1v) is 7.60. The van der Waals surface area contributed by atoms with Gasteiger partial charge in [-0.05, 0) is 12.1 Å². The molecule has 23 heavy (non-hydrogen) atoms. The molecule has 0 fully saturated rings. The summed E-state index contributed by atoms with van der Waals surface area (Å²) in [5.41, 5.74) is 7.05. The number of alkyl halides is 3. The van der Waals surface area contributed by atoms with Gasteiger partial charge < -0.3 is 15.5 Å². The van der Waals surface area contributed by atoms with Crippen molar-refractivity contribution >= 4 is 40.3 Å².